The predicted octanol–water partition coefficient (Wildman–Crippen LogP) is 4.80. The van der Waals surface area contributed by atoms with E-state index in [1.165, 1.54) is 4.90 Å². The van der Waals surface area contributed by atoms with Crippen molar-refractivity contribution in [3.05, 3.63) is 52.3 Å². The van der Waals surface area contributed by atoms with Crippen LogP contribution in [-0.4, -0.2) is 62.9 Å². The van der Waals surface area contributed by atoms with E-state index in [0.717, 1.165) is 11.4 Å². The lowest BCUT2D eigenvalue weighted by molar-refractivity contribution is -0.144. The second-order valence-corrected chi connectivity index (χ2v) is 9.80. The highest BCUT2D eigenvalue weighted by Gasteiger charge is 2.37. The Labute approximate surface area is 220 Å². The van der Waals surface area contributed by atoms with E-state index in [2.05, 4.69) is 10.00 Å². The number of amides is 1. The number of hydrogen-bond donors (Lipinski definition) is 1. The molecule has 4 rings (SSSR count). The number of carboxylic acids is 1. The lowest BCUT2D eigenvalue weighted by Crippen LogP contribution is -2.37. The first kappa shape index (κ1) is 28.7. The molecule has 2 aliphatic heterocycles. The van der Waals surface area contributed by atoms with Crippen LogP contribution in [0.5, 0.6) is 0 Å². The van der Waals surface area contributed by atoms with Crippen LogP contribution in [-0.2, 0) is 48.0 Å². The van der Waals surface area contributed by atoms with Crippen LogP contribution in [0.3, 0.4) is 0 Å². The molecule has 0 unspecified atom stereocenters. The molecule has 214 valence electrons. The first-order chi connectivity index (χ1) is 18.3. The van der Waals surface area contributed by atoms with Crippen molar-refractivity contribution in [3.8, 4) is 0 Å². The van der Waals surface area contributed by atoms with Crippen LogP contribution in [0.25, 0.3) is 0 Å². The number of piperidine rings is 1. The van der Waals surface area contributed by atoms with Gasteiger partial charge >= 0.3 is 24.4 Å². The summed E-state index contributed by atoms with van der Waals surface area (Å²) in [6.45, 7) is 2.31. The van der Waals surface area contributed by atoms with E-state index in [-0.39, 0.29) is 25.1 Å². The molecular weight excluding hydrogens is 534 g/mol. The van der Waals surface area contributed by atoms with Crippen molar-refractivity contribution in [3.63, 3.8) is 0 Å². The highest BCUT2D eigenvalue weighted by atomic mass is 19.4. The second-order valence-electron chi connectivity index (χ2n) is 9.80. The summed E-state index contributed by atoms with van der Waals surface area (Å²) in [6.07, 6.45) is -8.45. The highest BCUT2D eigenvalue weighted by molar-refractivity contribution is 5.70. The third-order valence-corrected chi connectivity index (χ3v) is 6.95. The molecule has 0 atom stereocenters. The Bertz CT molecular complexity index is 1160. The maximum atomic E-state index is 13.1. The van der Waals surface area contributed by atoms with Gasteiger partial charge in [0.1, 0.15) is 6.61 Å². The summed E-state index contributed by atoms with van der Waals surface area (Å²) in [7, 11) is 0. The van der Waals surface area contributed by atoms with E-state index in [0.29, 0.717) is 64.0 Å². The standard InChI is InChI=1S/C25H28F6N4O4/c26-24(27,28)18-10-16(11-19(12-18)25(29,30)31)15-39-23(38)34-5-1-6-35-21(14-34)13-20(32-35)4-9-33-7-2-17(3-8-33)22(36)37/h10-13,17H,1-9,14-15H2,(H,36,37). The molecule has 1 fully saturated rings. The average molecular weight is 563 g/mol. The third kappa shape index (κ3) is 7.43. The lowest BCUT2D eigenvalue weighted by Gasteiger charge is -2.29. The lowest BCUT2D eigenvalue weighted by atomic mass is 9.97. The number of aliphatic carboxylic acids is 1. The van der Waals surface area contributed by atoms with Gasteiger partial charge in [0.15, 0.2) is 0 Å². The topological polar surface area (TPSA) is 87.9 Å². The first-order valence-corrected chi connectivity index (χ1v) is 12.5. The molecule has 2 aromatic rings. The van der Waals surface area contributed by atoms with Gasteiger partial charge in [0.25, 0.3) is 0 Å². The molecule has 1 aromatic heterocycles. The monoisotopic (exact) mass is 562 g/mol. The van der Waals surface area contributed by atoms with Crippen LogP contribution < -0.4 is 0 Å². The minimum Gasteiger partial charge on any atom is -0.481 e. The van der Waals surface area contributed by atoms with Gasteiger partial charge in [-0.15, -0.1) is 0 Å². The number of aryl methyl sites for hydroxylation is 1. The van der Waals surface area contributed by atoms with Gasteiger partial charge in [0.2, 0.25) is 0 Å². The van der Waals surface area contributed by atoms with Crippen LogP contribution in [0.4, 0.5) is 31.1 Å². The number of ether oxygens (including phenoxy) is 1. The first-order valence-electron chi connectivity index (χ1n) is 12.5. The van der Waals surface area contributed by atoms with E-state index >= 15 is 0 Å². The number of fused-ring (bicyclic) bond motifs is 1. The number of hydrogen-bond acceptors (Lipinski definition) is 5. The van der Waals surface area contributed by atoms with Crippen molar-refractivity contribution in [2.75, 3.05) is 26.2 Å². The summed E-state index contributed by atoms with van der Waals surface area (Å²) in [5, 5.41) is 13.7. The zero-order valence-electron chi connectivity index (χ0n) is 20.9. The number of carboxylic acid groups (broad SMARTS) is 1. The van der Waals surface area contributed by atoms with Crippen LogP contribution in [0, 0.1) is 5.92 Å². The smallest absolute Gasteiger partial charge is 0.416 e. The fourth-order valence-electron chi connectivity index (χ4n) is 4.81. The molecule has 1 saturated heterocycles. The molecule has 1 N–H and O–H groups in total. The number of likely N-dealkylation sites (tertiary alicyclic amines) is 1. The Morgan fingerprint density at radius 1 is 0.949 bits per heavy atom. The van der Waals surface area contributed by atoms with Crippen LogP contribution in [0.15, 0.2) is 24.3 Å². The minimum absolute atomic E-state index is 0.0247. The fourth-order valence-corrected chi connectivity index (χ4v) is 4.81. The Hall–Kier alpha value is -3.29. The third-order valence-electron chi connectivity index (χ3n) is 6.95. The molecule has 39 heavy (non-hydrogen) atoms. The Kier molecular flexibility index (Phi) is 8.42. The van der Waals surface area contributed by atoms with Gasteiger partial charge in [-0.3, -0.25) is 9.48 Å². The van der Waals surface area contributed by atoms with Gasteiger partial charge in [-0.2, -0.15) is 31.4 Å². The van der Waals surface area contributed by atoms with Crippen LogP contribution in [0.2, 0.25) is 0 Å². The summed E-state index contributed by atoms with van der Waals surface area (Å²) < 4.78 is 85.5. The van der Waals surface area contributed by atoms with E-state index in [1.807, 2.05) is 6.07 Å². The average Bonchev–Trinajstić information content (AvgIpc) is 3.14. The summed E-state index contributed by atoms with van der Waals surface area (Å²) in [6, 6.07) is 2.96. The van der Waals surface area contributed by atoms with Crippen molar-refractivity contribution < 1.29 is 45.8 Å². The number of rotatable bonds is 6. The molecule has 8 nitrogen and oxygen atoms in total. The maximum absolute atomic E-state index is 13.1. The van der Waals surface area contributed by atoms with Gasteiger partial charge in [0.05, 0.1) is 35.0 Å². The van der Waals surface area contributed by atoms with Crippen LogP contribution in [0.1, 0.15) is 47.3 Å². The van der Waals surface area contributed by atoms with Gasteiger partial charge in [0, 0.05) is 26.1 Å². The van der Waals surface area contributed by atoms with Gasteiger partial charge in [-0.25, -0.2) is 4.79 Å². The molecular formula is C25H28F6N4O4. The number of benzene rings is 1. The molecule has 0 saturated carbocycles. The van der Waals surface area contributed by atoms with E-state index in [4.69, 9.17) is 9.84 Å². The molecule has 0 radical (unpaired) electrons. The number of aromatic nitrogens is 2. The maximum Gasteiger partial charge on any atom is 0.416 e. The quantitative estimate of drug-likeness (QED) is 0.509. The van der Waals surface area contributed by atoms with Crippen molar-refractivity contribution >= 4 is 12.1 Å². The highest BCUT2D eigenvalue weighted by Crippen LogP contribution is 2.36. The summed E-state index contributed by atoms with van der Waals surface area (Å²) in [4.78, 5) is 27.3. The van der Waals surface area contributed by atoms with Crippen molar-refractivity contribution in [2.24, 2.45) is 5.92 Å². The molecule has 3 heterocycles. The zero-order valence-corrected chi connectivity index (χ0v) is 20.9. The Morgan fingerprint density at radius 3 is 2.18 bits per heavy atom. The van der Waals surface area contributed by atoms with Crippen molar-refractivity contribution in [2.45, 2.75) is 57.7 Å². The molecule has 1 aromatic carbocycles. The molecule has 0 bridgehead atoms. The number of alkyl halides is 6. The van der Waals surface area contributed by atoms with Crippen molar-refractivity contribution in [1.82, 2.24) is 19.6 Å². The predicted molar refractivity (Wildman–Crippen MR) is 124 cm³/mol. The van der Waals surface area contributed by atoms with E-state index in [9.17, 15) is 35.9 Å². The Balaban J connectivity index is 1.35. The molecule has 1 amide bonds. The molecule has 0 aliphatic carbocycles. The summed E-state index contributed by atoms with van der Waals surface area (Å²) in [5.74, 6) is -1.08. The summed E-state index contributed by atoms with van der Waals surface area (Å²) in [5.41, 5.74) is -1.81. The number of halogens is 6. The molecule has 14 heteroatoms. The Morgan fingerprint density at radius 2 is 1.59 bits per heavy atom. The second kappa shape index (κ2) is 11.4. The summed E-state index contributed by atoms with van der Waals surface area (Å²) >= 11 is 0. The molecule has 0 spiro atoms. The largest absolute Gasteiger partial charge is 0.481 e. The SMILES string of the molecule is O=C(O)C1CCN(CCc2cc3n(n2)CCCN(C(=O)OCc2cc(C(F)(F)F)cc(C(F)(F)F)c2)C3)CC1. The van der Waals surface area contributed by atoms with E-state index < -0.39 is 47.7 Å². The van der Waals surface area contributed by atoms with Gasteiger partial charge in [-0.05, 0) is 62.2 Å². The molecule has 2 aliphatic rings. The van der Waals surface area contributed by atoms with Crippen LogP contribution >= 0.6 is 0 Å². The number of carbonyl (C=O) groups is 2. The van der Waals surface area contributed by atoms with Crippen molar-refractivity contribution in [1.29, 1.82) is 0 Å². The number of nitrogens with zero attached hydrogens (tertiary/aromatic N) is 4. The minimum atomic E-state index is -4.99. The fraction of sp³-hybridized carbons (Fsp3) is 0.560. The number of carbonyl (C=O) groups excluding carboxylic acids is 1. The van der Waals surface area contributed by atoms with Gasteiger partial charge < -0.3 is 19.6 Å². The van der Waals surface area contributed by atoms with E-state index in [1.54, 1.807) is 4.68 Å². The normalized spacial score (nSPS) is 17.5. The zero-order chi connectivity index (χ0) is 28.4. The van der Waals surface area contributed by atoms with Gasteiger partial charge in [-0.1, -0.05) is 0 Å².